The lowest BCUT2D eigenvalue weighted by molar-refractivity contribution is -0.130. The number of hydrogen-bond donors (Lipinski definition) is 1. The van der Waals surface area contributed by atoms with Crippen LogP contribution in [0.2, 0.25) is 0 Å². The Kier molecular flexibility index (Phi) is 5.60. The second-order valence-electron chi connectivity index (χ2n) is 7.96. The van der Waals surface area contributed by atoms with Crippen LogP contribution in [0.1, 0.15) is 39.5 Å². The molecule has 3 rings (SSSR count). The molecule has 1 saturated carbocycles. The van der Waals surface area contributed by atoms with Crippen LogP contribution in [0.5, 0.6) is 0 Å². The highest BCUT2D eigenvalue weighted by molar-refractivity contribution is 5.76. The van der Waals surface area contributed by atoms with E-state index in [0.29, 0.717) is 18.2 Å². The van der Waals surface area contributed by atoms with E-state index in [9.17, 15) is 9.90 Å². The highest BCUT2D eigenvalue weighted by Crippen LogP contribution is 2.34. The molecule has 2 aliphatic heterocycles. The first-order valence-electron chi connectivity index (χ1n) is 9.31. The van der Waals surface area contributed by atoms with E-state index in [1.807, 2.05) is 4.90 Å². The van der Waals surface area contributed by atoms with Crippen molar-refractivity contribution in [3.05, 3.63) is 0 Å². The fraction of sp³-hybridized carbons (Fsp3) is 0.944. The van der Waals surface area contributed by atoms with Crippen LogP contribution in [0.25, 0.3) is 0 Å². The lowest BCUT2D eigenvalue weighted by atomic mass is 9.96. The minimum absolute atomic E-state index is 0.187. The molecule has 1 aliphatic carbocycles. The Hall–Kier alpha value is -0.650. The average Bonchev–Trinajstić information content (AvgIpc) is 3.23. The maximum atomic E-state index is 12.4. The Bertz CT molecular complexity index is 403. The Morgan fingerprint density at radius 3 is 2.35 bits per heavy atom. The zero-order chi connectivity index (χ0) is 16.4. The van der Waals surface area contributed by atoms with Gasteiger partial charge in [-0.2, -0.15) is 0 Å². The quantitative estimate of drug-likeness (QED) is 0.801. The molecule has 1 amide bonds. The van der Waals surface area contributed by atoms with Crippen molar-refractivity contribution in [2.24, 2.45) is 17.8 Å². The number of likely N-dealkylation sites (tertiary alicyclic amines) is 1. The topological polar surface area (TPSA) is 53.0 Å². The highest BCUT2D eigenvalue weighted by atomic mass is 16.5. The van der Waals surface area contributed by atoms with Crippen molar-refractivity contribution in [3.63, 3.8) is 0 Å². The van der Waals surface area contributed by atoms with Gasteiger partial charge >= 0.3 is 0 Å². The van der Waals surface area contributed by atoms with E-state index in [1.165, 1.54) is 12.8 Å². The molecule has 5 heteroatoms. The number of carbonyl (C=O) groups excluding carboxylic acids is 1. The fourth-order valence-corrected chi connectivity index (χ4v) is 4.21. The summed E-state index contributed by atoms with van der Waals surface area (Å²) in [6.45, 7) is 8.85. The predicted octanol–water partition coefficient (Wildman–Crippen LogP) is 1.35. The summed E-state index contributed by atoms with van der Waals surface area (Å²) < 4.78 is 5.80. The minimum atomic E-state index is 0.187. The number of amides is 1. The number of hydrogen-bond acceptors (Lipinski definition) is 4. The third-order valence-corrected chi connectivity index (χ3v) is 5.61. The van der Waals surface area contributed by atoms with Crippen LogP contribution < -0.4 is 0 Å². The van der Waals surface area contributed by atoms with Crippen LogP contribution >= 0.6 is 0 Å². The summed E-state index contributed by atoms with van der Waals surface area (Å²) in [6.07, 6.45) is 4.90. The molecular formula is C18H32N2O3. The van der Waals surface area contributed by atoms with Gasteiger partial charge in [-0.1, -0.05) is 12.8 Å². The van der Waals surface area contributed by atoms with Crippen molar-refractivity contribution in [1.29, 1.82) is 0 Å². The van der Waals surface area contributed by atoms with Gasteiger partial charge in [-0.25, -0.2) is 0 Å². The van der Waals surface area contributed by atoms with Crippen LogP contribution in [0.3, 0.4) is 0 Å². The zero-order valence-corrected chi connectivity index (χ0v) is 14.6. The third-order valence-electron chi connectivity index (χ3n) is 5.61. The van der Waals surface area contributed by atoms with Crippen molar-refractivity contribution >= 4 is 5.91 Å². The zero-order valence-electron chi connectivity index (χ0n) is 14.6. The number of rotatable bonds is 6. The Balaban J connectivity index is 1.50. The molecule has 0 radical (unpaired) electrons. The number of morpholine rings is 1. The van der Waals surface area contributed by atoms with Gasteiger partial charge in [0.15, 0.2) is 0 Å². The van der Waals surface area contributed by atoms with Gasteiger partial charge in [0, 0.05) is 51.7 Å². The lowest BCUT2D eigenvalue weighted by Crippen LogP contribution is -2.48. The van der Waals surface area contributed by atoms with Crippen LogP contribution in [0.4, 0.5) is 0 Å². The Labute approximate surface area is 140 Å². The fourth-order valence-electron chi connectivity index (χ4n) is 4.21. The molecular weight excluding hydrogens is 292 g/mol. The predicted molar refractivity (Wildman–Crippen MR) is 89.1 cm³/mol. The normalized spacial score (nSPS) is 35.7. The minimum Gasteiger partial charge on any atom is -0.396 e. The molecule has 0 aromatic carbocycles. The van der Waals surface area contributed by atoms with E-state index >= 15 is 0 Å². The first kappa shape index (κ1) is 17.2. The maximum Gasteiger partial charge on any atom is 0.222 e. The lowest BCUT2D eigenvalue weighted by Gasteiger charge is -2.37. The summed E-state index contributed by atoms with van der Waals surface area (Å²) in [7, 11) is 0. The van der Waals surface area contributed by atoms with Crippen molar-refractivity contribution in [2.75, 3.05) is 39.3 Å². The van der Waals surface area contributed by atoms with Crippen LogP contribution in [-0.2, 0) is 9.53 Å². The van der Waals surface area contributed by atoms with Gasteiger partial charge < -0.3 is 14.7 Å². The van der Waals surface area contributed by atoms with E-state index in [1.54, 1.807) is 0 Å². The number of carbonyl (C=O) groups is 1. The summed E-state index contributed by atoms with van der Waals surface area (Å²) in [4.78, 5) is 16.8. The molecule has 3 fully saturated rings. The van der Waals surface area contributed by atoms with E-state index < -0.39 is 0 Å². The van der Waals surface area contributed by atoms with Gasteiger partial charge in [0.25, 0.3) is 0 Å². The molecule has 0 spiro atoms. The van der Waals surface area contributed by atoms with Crippen LogP contribution in [0.15, 0.2) is 0 Å². The monoisotopic (exact) mass is 324 g/mol. The first-order valence-corrected chi connectivity index (χ1v) is 9.31. The molecule has 0 unspecified atom stereocenters. The molecule has 0 bridgehead atoms. The maximum absolute atomic E-state index is 12.4. The Morgan fingerprint density at radius 2 is 1.74 bits per heavy atom. The molecule has 1 N–H and O–H groups in total. The van der Waals surface area contributed by atoms with Crippen LogP contribution in [-0.4, -0.2) is 72.4 Å². The summed E-state index contributed by atoms with van der Waals surface area (Å²) >= 11 is 0. The molecule has 5 nitrogen and oxygen atoms in total. The van der Waals surface area contributed by atoms with Crippen molar-refractivity contribution in [1.82, 2.24) is 9.80 Å². The largest absolute Gasteiger partial charge is 0.396 e. The van der Waals surface area contributed by atoms with Gasteiger partial charge in [0.2, 0.25) is 5.91 Å². The average molecular weight is 324 g/mol. The molecule has 2 heterocycles. The molecule has 3 aliphatic rings. The second kappa shape index (κ2) is 7.49. The van der Waals surface area contributed by atoms with E-state index in [2.05, 4.69) is 18.7 Å². The first-order chi connectivity index (χ1) is 11.0. The van der Waals surface area contributed by atoms with Crippen LogP contribution in [0, 0.1) is 17.8 Å². The van der Waals surface area contributed by atoms with Gasteiger partial charge in [-0.05, 0) is 32.1 Å². The molecule has 132 valence electrons. The third kappa shape index (κ3) is 4.68. The number of aliphatic hydroxyl groups excluding tert-OH is 1. The standard InChI is InChI=1S/C18H32N2O3/c1-13-7-19(8-14(2)23-13)9-16-10-20(11-17(16)12-21)18(22)6-5-15-3-4-15/h13-17,21H,3-12H2,1-2H3/t13-,14+,16-,17-/m0/s1. The van der Waals surface area contributed by atoms with E-state index in [-0.39, 0.29) is 24.7 Å². The van der Waals surface area contributed by atoms with Crippen molar-refractivity contribution < 1.29 is 14.6 Å². The van der Waals surface area contributed by atoms with E-state index in [0.717, 1.165) is 45.1 Å². The number of ether oxygens (including phenoxy) is 1. The number of nitrogens with zero attached hydrogens (tertiary/aromatic N) is 2. The summed E-state index contributed by atoms with van der Waals surface area (Å²) in [5, 5.41) is 9.72. The number of aliphatic hydroxyl groups is 1. The molecule has 0 aromatic rings. The van der Waals surface area contributed by atoms with Gasteiger partial charge in [0.1, 0.15) is 0 Å². The molecule has 23 heavy (non-hydrogen) atoms. The second-order valence-corrected chi connectivity index (χ2v) is 7.96. The van der Waals surface area contributed by atoms with Crippen molar-refractivity contribution in [3.8, 4) is 0 Å². The summed E-state index contributed by atoms with van der Waals surface area (Å²) in [5.74, 6) is 1.72. The highest BCUT2D eigenvalue weighted by Gasteiger charge is 2.37. The van der Waals surface area contributed by atoms with E-state index in [4.69, 9.17) is 4.74 Å². The van der Waals surface area contributed by atoms with Gasteiger partial charge in [-0.15, -0.1) is 0 Å². The van der Waals surface area contributed by atoms with Gasteiger partial charge in [0.05, 0.1) is 12.2 Å². The Morgan fingerprint density at radius 1 is 1.09 bits per heavy atom. The summed E-state index contributed by atoms with van der Waals surface area (Å²) in [6, 6.07) is 0. The molecule has 0 aromatic heterocycles. The summed E-state index contributed by atoms with van der Waals surface area (Å²) in [5.41, 5.74) is 0. The molecule has 4 atom stereocenters. The molecule has 2 saturated heterocycles. The smallest absolute Gasteiger partial charge is 0.222 e. The van der Waals surface area contributed by atoms with Gasteiger partial charge in [-0.3, -0.25) is 9.69 Å². The SMILES string of the molecule is C[C@@H]1CN(C[C@H]2CN(C(=O)CCC3CC3)C[C@H]2CO)C[C@H](C)O1. The van der Waals surface area contributed by atoms with Crippen molar-refractivity contribution in [2.45, 2.75) is 51.7 Å².